The molecule has 0 aliphatic carbocycles. The van der Waals surface area contributed by atoms with Crippen LogP contribution in [0.15, 0.2) is 30.3 Å². The molecular weight excluding hydrogens is 338 g/mol. The van der Waals surface area contributed by atoms with Crippen molar-refractivity contribution in [2.45, 2.75) is 5.92 Å². The van der Waals surface area contributed by atoms with E-state index in [9.17, 15) is 10.1 Å². The minimum atomic E-state index is -1.01. The number of methoxy groups -OCH3 is 3. The molecule has 1 aliphatic heterocycles. The summed E-state index contributed by atoms with van der Waals surface area (Å²) in [5.74, 6) is 0.412. The van der Waals surface area contributed by atoms with Crippen LogP contribution in [0.5, 0.6) is 28.7 Å². The van der Waals surface area contributed by atoms with Gasteiger partial charge in [0.25, 0.3) is 0 Å². The number of nitriles is 1. The van der Waals surface area contributed by atoms with Crippen molar-refractivity contribution in [2.75, 3.05) is 28.1 Å². The van der Waals surface area contributed by atoms with E-state index < -0.39 is 11.7 Å². The molecule has 7 nitrogen and oxygen atoms in total. The predicted molar refractivity (Wildman–Crippen MR) is 91.3 cm³/mol. The highest BCUT2D eigenvalue weighted by atomic mass is 16.7. The van der Waals surface area contributed by atoms with Crippen molar-refractivity contribution >= 4 is 5.78 Å². The predicted octanol–water partition coefficient (Wildman–Crippen LogP) is 2.93. The van der Waals surface area contributed by atoms with Crippen LogP contribution in [0, 0.1) is 11.3 Å². The lowest BCUT2D eigenvalue weighted by molar-refractivity contribution is 0.0975. The molecule has 7 heteroatoms. The topological polar surface area (TPSA) is 87.0 Å². The Bertz CT molecular complexity index is 869. The lowest BCUT2D eigenvalue weighted by Gasteiger charge is -2.16. The maximum absolute atomic E-state index is 13.1. The van der Waals surface area contributed by atoms with E-state index in [1.165, 1.54) is 20.3 Å². The monoisotopic (exact) mass is 355 g/mol. The first-order valence-electron chi connectivity index (χ1n) is 7.77. The van der Waals surface area contributed by atoms with Crippen molar-refractivity contribution in [2.24, 2.45) is 0 Å². The molecule has 0 fully saturated rings. The number of Topliss-reactive ketones (excluding diaryl/α,β-unsaturated/α-hetero) is 1. The first kappa shape index (κ1) is 17.4. The summed E-state index contributed by atoms with van der Waals surface area (Å²) in [6, 6.07) is 10.3. The van der Waals surface area contributed by atoms with Crippen LogP contribution in [0.2, 0.25) is 0 Å². The first-order valence-corrected chi connectivity index (χ1v) is 7.77. The Kier molecular flexibility index (Phi) is 4.85. The van der Waals surface area contributed by atoms with Gasteiger partial charge in [0.15, 0.2) is 17.3 Å². The van der Waals surface area contributed by atoms with Gasteiger partial charge in [0, 0.05) is 0 Å². The van der Waals surface area contributed by atoms with Crippen LogP contribution >= 0.6 is 0 Å². The fourth-order valence-electron chi connectivity index (χ4n) is 2.80. The van der Waals surface area contributed by atoms with Gasteiger partial charge in [-0.05, 0) is 23.8 Å². The van der Waals surface area contributed by atoms with E-state index in [-0.39, 0.29) is 23.9 Å². The molecule has 0 radical (unpaired) electrons. The van der Waals surface area contributed by atoms with Gasteiger partial charge in [-0.15, -0.1) is 0 Å². The van der Waals surface area contributed by atoms with Gasteiger partial charge in [0.2, 0.25) is 18.3 Å². The SMILES string of the molecule is COc1ccc([C@@H](C#N)C(=O)c2cc3c(c(OC)c2OC)OCO3)cc1. The van der Waals surface area contributed by atoms with Crippen LogP contribution in [0.1, 0.15) is 21.8 Å². The molecule has 0 aromatic heterocycles. The number of fused-ring (bicyclic) bond motifs is 1. The van der Waals surface area contributed by atoms with Gasteiger partial charge >= 0.3 is 0 Å². The number of carbonyl (C=O) groups excluding carboxylic acids is 1. The summed E-state index contributed by atoms with van der Waals surface area (Å²) in [5, 5.41) is 9.59. The zero-order valence-corrected chi connectivity index (χ0v) is 14.6. The lowest BCUT2D eigenvalue weighted by Crippen LogP contribution is -2.13. The van der Waals surface area contributed by atoms with Crippen molar-refractivity contribution in [1.29, 1.82) is 5.26 Å². The smallest absolute Gasteiger partial charge is 0.231 e. The summed E-state index contributed by atoms with van der Waals surface area (Å²) in [5.41, 5.74) is 0.743. The first-order chi connectivity index (χ1) is 12.6. The summed E-state index contributed by atoms with van der Waals surface area (Å²) in [6.07, 6.45) is 0. The number of nitrogens with zero attached hydrogens (tertiary/aromatic N) is 1. The highest BCUT2D eigenvalue weighted by Gasteiger charge is 2.32. The van der Waals surface area contributed by atoms with Gasteiger partial charge in [-0.1, -0.05) is 12.1 Å². The van der Waals surface area contributed by atoms with Gasteiger partial charge in [-0.3, -0.25) is 4.79 Å². The number of carbonyl (C=O) groups is 1. The third kappa shape index (κ3) is 2.86. The molecule has 3 rings (SSSR count). The molecule has 0 saturated carbocycles. The zero-order valence-electron chi connectivity index (χ0n) is 14.6. The van der Waals surface area contributed by atoms with E-state index in [1.54, 1.807) is 31.4 Å². The highest BCUT2D eigenvalue weighted by molar-refractivity contribution is 6.06. The van der Waals surface area contributed by atoms with E-state index in [2.05, 4.69) is 6.07 Å². The molecule has 0 amide bonds. The largest absolute Gasteiger partial charge is 0.497 e. The van der Waals surface area contributed by atoms with Gasteiger partial charge in [0.05, 0.1) is 33.0 Å². The molecular formula is C19H17NO6. The van der Waals surface area contributed by atoms with Crippen LogP contribution in [0.25, 0.3) is 0 Å². The molecule has 2 aromatic carbocycles. The van der Waals surface area contributed by atoms with Crippen LogP contribution in [-0.4, -0.2) is 33.9 Å². The Morgan fingerprint density at radius 1 is 1.08 bits per heavy atom. The standard InChI is InChI=1S/C19H17NO6/c1-22-12-6-4-11(5-7-12)14(9-20)16(21)13-8-15-18(26-10-25-15)19(24-3)17(13)23-2/h4-8,14H,10H2,1-3H3/t14-/m1/s1. The number of ketones is 1. The molecule has 0 N–H and O–H groups in total. The molecule has 1 aliphatic rings. The molecule has 1 heterocycles. The third-order valence-corrected chi connectivity index (χ3v) is 4.09. The van der Waals surface area contributed by atoms with Gasteiger partial charge in [-0.2, -0.15) is 5.26 Å². The average Bonchev–Trinajstić information content (AvgIpc) is 3.15. The summed E-state index contributed by atoms with van der Waals surface area (Å²) in [4.78, 5) is 13.1. The Morgan fingerprint density at radius 3 is 2.35 bits per heavy atom. The average molecular weight is 355 g/mol. The Balaban J connectivity index is 2.06. The molecule has 134 valence electrons. The number of hydrogen-bond acceptors (Lipinski definition) is 7. The Labute approximate surface area is 150 Å². The van der Waals surface area contributed by atoms with E-state index in [4.69, 9.17) is 23.7 Å². The van der Waals surface area contributed by atoms with Crippen LogP contribution in [0.3, 0.4) is 0 Å². The second-order valence-electron chi connectivity index (χ2n) is 5.42. The van der Waals surface area contributed by atoms with E-state index in [0.29, 0.717) is 22.8 Å². The van der Waals surface area contributed by atoms with E-state index in [1.807, 2.05) is 0 Å². The lowest BCUT2D eigenvalue weighted by atomic mass is 9.91. The minimum Gasteiger partial charge on any atom is -0.497 e. The van der Waals surface area contributed by atoms with Crippen molar-refractivity contribution in [1.82, 2.24) is 0 Å². The second kappa shape index (κ2) is 7.23. The van der Waals surface area contributed by atoms with E-state index in [0.717, 1.165) is 0 Å². The van der Waals surface area contributed by atoms with Crippen molar-refractivity contribution in [3.05, 3.63) is 41.5 Å². The van der Waals surface area contributed by atoms with Crippen LogP contribution in [0.4, 0.5) is 0 Å². The van der Waals surface area contributed by atoms with Crippen molar-refractivity contribution < 1.29 is 28.5 Å². The molecule has 0 saturated heterocycles. The van der Waals surface area contributed by atoms with Gasteiger partial charge in [0.1, 0.15) is 11.7 Å². The van der Waals surface area contributed by atoms with Crippen molar-refractivity contribution in [3.8, 4) is 34.8 Å². The molecule has 2 aromatic rings. The molecule has 1 atom stereocenters. The maximum Gasteiger partial charge on any atom is 0.231 e. The molecule has 26 heavy (non-hydrogen) atoms. The van der Waals surface area contributed by atoms with Crippen molar-refractivity contribution in [3.63, 3.8) is 0 Å². The summed E-state index contributed by atoms with van der Waals surface area (Å²) >= 11 is 0. The highest BCUT2D eigenvalue weighted by Crippen LogP contribution is 2.49. The van der Waals surface area contributed by atoms with Gasteiger partial charge in [-0.25, -0.2) is 0 Å². The molecule has 0 unspecified atom stereocenters. The minimum absolute atomic E-state index is 0.0205. The third-order valence-electron chi connectivity index (χ3n) is 4.09. The Morgan fingerprint density at radius 2 is 1.77 bits per heavy atom. The number of benzene rings is 2. The van der Waals surface area contributed by atoms with E-state index >= 15 is 0 Å². The fourth-order valence-corrected chi connectivity index (χ4v) is 2.80. The summed E-state index contributed by atoms with van der Waals surface area (Å²) in [7, 11) is 4.41. The number of hydrogen-bond donors (Lipinski definition) is 0. The quantitative estimate of drug-likeness (QED) is 0.736. The second-order valence-corrected chi connectivity index (χ2v) is 5.42. The molecule has 0 bridgehead atoms. The van der Waals surface area contributed by atoms with Crippen LogP contribution < -0.4 is 23.7 Å². The zero-order chi connectivity index (χ0) is 18.7. The summed E-state index contributed by atoms with van der Waals surface area (Å²) < 4.78 is 26.6. The number of rotatable bonds is 6. The maximum atomic E-state index is 13.1. The molecule has 0 spiro atoms. The van der Waals surface area contributed by atoms with Gasteiger partial charge < -0.3 is 23.7 Å². The van der Waals surface area contributed by atoms with Crippen LogP contribution in [-0.2, 0) is 0 Å². The fraction of sp³-hybridized carbons (Fsp3) is 0.263. The number of ether oxygens (including phenoxy) is 5. The summed E-state index contributed by atoms with van der Waals surface area (Å²) in [6.45, 7) is 0.0205. The Hall–Kier alpha value is -3.40. The normalized spacial score (nSPS) is 12.8.